The molecule has 6 heteroatoms. The van der Waals surface area contributed by atoms with E-state index >= 15 is 0 Å². The number of piperidine rings is 1. The minimum atomic E-state index is -0.546. The Balaban J connectivity index is 1.20. The standard InChI is InChI=1S/C27H32N2O4/c28-20-32-27-8-4-7-26(17-27)31-19-23(30)18-29-15-13-22(14-16-29)21-9-11-25(12-10-21)33-24-5-2-1-3-6-24/h1-12,17,22-23,30H,13-16,18-20,28H2/t23-/m1/s1. The first kappa shape index (κ1) is 23.1. The molecule has 3 aromatic rings. The molecular formula is C27H32N2O4. The maximum absolute atomic E-state index is 10.4. The minimum Gasteiger partial charge on any atom is -0.491 e. The smallest absolute Gasteiger partial charge is 0.137 e. The van der Waals surface area contributed by atoms with Crippen LogP contribution in [0.5, 0.6) is 23.0 Å². The molecule has 3 N–H and O–H groups in total. The van der Waals surface area contributed by atoms with Crippen LogP contribution in [-0.4, -0.2) is 49.1 Å². The van der Waals surface area contributed by atoms with Gasteiger partial charge in [-0.05, 0) is 73.8 Å². The fourth-order valence-corrected chi connectivity index (χ4v) is 4.17. The van der Waals surface area contributed by atoms with E-state index in [0.29, 0.717) is 24.0 Å². The summed E-state index contributed by atoms with van der Waals surface area (Å²) in [5.74, 6) is 3.55. The fraction of sp³-hybridized carbons (Fsp3) is 0.333. The molecule has 33 heavy (non-hydrogen) atoms. The van der Waals surface area contributed by atoms with Crippen LogP contribution in [0.1, 0.15) is 24.3 Å². The van der Waals surface area contributed by atoms with E-state index in [0.717, 1.165) is 37.4 Å². The molecule has 6 nitrogen and oxygen atoms in total. The molecule has 1 aliphatic rings. The summed E-state index contributed by atoms with van der Waals surface area (Å²) in [6, 6.07) is 25.5. The summed E-state index contributed by atoms with van der Waals surface area (Å²) in [6.45, 7) is 2.89. The molecule has 0 saturated carbocycles. The van der Waals surface area contributed by atoms with Gasteiger partial charge >= 0.3 is 0 Å². The van der Waals surface area contributed by atoms with Crippen molar-refractivity contribution in [1.29, 1.82) is 0 Å². The number of hydrogen-bond acceptors (Lipinski definition) is 6. The fourth-order valence-electron chi connectivity index (χ4n) is 4.17. The zero-order valence-corrected chi connectivity index (χ0v) is 18.8. The minimum absolute atomic E-state index is 0.119. The number of likely N-dealkylation sites (tertiary alicyclic amines) is 1. The first-order chi connectivity index (χ1) is 16.2. The average molecular weight is 449 g/mol. The second-order valence-electron chi connectivity index (χ2n) is 8.31. The number of ether oxygens (including phenoxy) is 3. The quantitative estimate of drug-likeness (QED) is 0.448. The highest BCUT2D eigenvalue weighted by atomic mass is 16.5. The first-order valence-corrected chi connectivity index (χ1v) is 11.5. The van der Waals surface area contributed by atoms with E-state index in [1.807, 2.05) is 60.7 Å². The largest absolute Gasteiger partial charge is 0.491 e. The van der Waals surface area contributed by atoms with Crippen LogP contribution in [0, 0.1) is 0 Å². The molecule has 0 aliphatic carbocycles. The average Bonchev–Trinajstić information content (AvgIpc) is 2.85. The molecule has 1 saturated heterocycles. The Bertz CT molecular complexity index is 973. The molecule has 1 heterocycles. The van der Waals surface area contributed by atoms with Gasteiger partial charge in [0, 0.05) is 12.6 Å². The number of benzene rings is 3. The zero-order chi connectivity index (χ0) is 22.9. The van der Waals surface area contributed by atoms with Crippen LogP contribution in [0.3, 0.4) is 0 Å². The SMILES string of the molecule is NCOc1cccc(OC[C@H](O)CN2CCC(c3ccc(Oc4ccccc4)cc3)CC2)c1. The van der Waals surface area contributed by atoms with Crippen LogP contribution in [0.15, 0.2) is 78.9 Å². The number of aliphatic hydroxyl groups is 1. The number of rotatable bonds is 10. The highest BCUT2D eigenvalue weighted by Gasteiger charge is 2.22. The van der Waals surface area contributed by atoms with Crippen molar-refractivity contribution in [3.63, 3.8) is 0 Å². The van der Waals surface area contributed by atoms with Crippen LogP contribution in [0.2, 0.25) is 0 Å². The summed E-state index contributed by atoms with van der Waals surface area (Å²) in [5, 5.41) is 10.4. The molecule has 0 aromatic heterocycles. The number of β-amino-alcohol motifs (C(OH)–C–C–N with tert-alkyl or cyclic N) is 1. The van der Waals surface area contributed by atoms with Gasteiger partial charge in [0.2, 0.25) is 0 Å². The molecule has 0 unspecified atom stereocenters. The van der Waals surface area contributed by atoms with Crippen molar-refractivity contribution in [1.82, 2.24) is 4.90 Å². The third-order valence-electron chi connectivity index (χ3n) is 5.88. The Hall–Kier alpha value is -3.06. The van der Waals surface area contributed by atoms with E-state index in [-0.39, 0.29) is 13.3 Å². The molecule has 1 atom stereocenters. The highest BCUT2D eigenvalue weighted by molar-refractivity contribution is 5.34. The van der Waals surface area contributed by atoms with E-state index < -0.39 is 6.10 Å². The van der Waals surface area contributed by atoms with Gasteiger partial charge in [0.25, 0.3) is 0 Å². The summed E-state index contributed by atoms with van der Waals surface area (Å²) >= 11 is 0. The molecular weight excluding hydrogens is 416 g/mol. The molecule has 1 aliphatic heterocycles. The monoisotopic (exact) mass is 448 g/mol. The molecule has 3 aromatic carbocycles. The van der Waals surface area contributed by atoms with Gasteiger partial charge in [-0.1, -0.05) is 36.4 Å². The summed E-state index contributed by atoms with van der Waals surface area (Å²) < 4.78 is 16.9. The van der Waals surface area contributed by atoms with Gasteiger partial charge in [0.1, 0.15) is 42.4 Å². The first-order valence-electron chi connectivity index (χ1n) is 11.5. The Labute approximate surface area is 195 Å². The van der Waals surface area contributed by atoms with Gasteiger partial charge < -0.3 is 24.2 Å². The number of aliphatic hydroxyl groups excluding tert-OH is 1. The predicted molar refractivity (Wildman–Crippen MR) is 129 cm³/mol. The van der Waals surface area contributed by atoms with Gasteiger partial charge in [0.05, 0.1) is 0 Å². The summed E-state index contributed by atoms with van der Waals surface area (Å²) in [5.41, 5.74) is 6.75. The molecule has 0 radical (unpaired) electrons. The molecule has 0 amide bonds. The van der Waals surface area contributed by atoms with Crippen molar-refractivity contribution in [2.45, 2.75) is 24.9 Å². The lowest BCUT2D eigenvalue weighted by Crippen LogP contribution is -2.40. The van der Waals surface area contributed by atoms with Crippen molar-refractivity contribution in [3.8, 4) is 23.0 Å². The van der Waals surface area contributed by atoms with E-state index in [9.17, 15) is 5.11 Å². The molecule has 0 bridgehead atoms. The number of nitrogens with two attached hydrogens (primary N) is 1. The third kappa shape index (κ3) is 6.96. The lowest BCUT2D eigenvalue weighted by molar-refractivity contribution is 0.0593. The molecule has 4 rings (SSSR count). The molecule has 174 valence electrons. The Morgan fingerprint density at radius 1 is 0.818 bits per heavy atom. The van der Waals surface area contributed by atoms with Gasteiger partial charge in [-0.2, -0.15) is 0 Å². The van der Waals surface area contributed by atoms with E-state index in [1.54, 1.807) is 6.07 Å². The Kier molecular flexibility index (Phi) is 8.19. The number of para-hydroxylation sites is 1. The topological polar surface area (TPSA) is 77.2 Å². The number of hydrogen-bond donors (Lipinski definition) is 2. The lowest BCUT2D eigenvalue weighted by Gasteiger charge is -2.33. The van der Waals surface area contributed by atoms with Crippen LogP contribution in [-0.2, 0) is 0 Å². The van der Waals surface area contributed by atoms with Crippen molar-refractivity contribution in [2.24, 2.45) is 5.73 Å². The zero-order valence-electron chi connectivity index (χ0n) is 18.8. The van der Waals surface area contributed by atoms with E-state index in [2.05, 4.69) is 17.0 Å². The van der Waals surface area contributed by atoms with Crippen LogP contribution >= 0.6 is 0 Å². The van der Waals surface area contributed by atoms with Crippen LogP contribution in [0.4, 0.5) is 0 Å². The second-order valence-corrected chi connectivity index (χ2v) is 8.31. The Morgan fingerprint density at radius 2 is 1.45 bits per heavy atom. The molecule has 1 fully saturated rings. The Morgan fingerprint density at radius 3 is 2.15 bits per heavy atom. The van der Waals surface area contributed by atoms with Crippen LogP contribution < -0.4 is 19.9 Å². The van der Waals surface area contributed by atoms with E-state index in [4.69, 9.17) is 19.9 Å². The van der Waals surface area contributed by atoms with Gasteiger partial charge in [-0.25, -0.2) is 0 Å². The van der Waals surface area contributed by atoms with Gasteiger partial charge in [-0.15, -0.1) is 0 Å². The number of nitrogens with zero attached hydrogens (tertiary/aromatic N) is 1. The summed E-state index contributed by atoms with van der Waals surface area (Å²) in [4.78, 5) is 2.31. The summed E-state index contributed by atoms with van der Waals surface area (Å²) in [7, 11) is 0. The highest BCUT2D eigenvalue weighted by Crippen LogP contribution is 2.30. The van der Waals surface area contributed by atoms with Crippen molar-refractivity contribution < 1.29 is 19.3 Å². The second kappa shape index (κ2) is 11.7. The third-order valence-corrected chi connectivity index (χ3v) is 5.88. The van der Waals surface area contributed by atoms with Crippen LogP contribution in [0.25, 0.3) is 0 Å². The summed E-state index contributed by atoms with van der Waals surface area (Å²) in [6.07, 6.45) is 1.60. The van der Waals surface area contributed by atoms with Gasteiger partial charge in [0.15, 0.2) is 0 Å². The van der Waals surface area contributed by atoms with Crippen molar-refractivity contribution in [2.75, 3.05) is 33.0 Å². The maximum Gasteiger partial charge on any atom is 0.137 e. The lowest BCUT2D eigenvalue weighted by atomic mass is 9.89. The normalized spacial score (nSPS) is 15.7. The molecule has 0 spiro atoms. The van der Waals surface area contributed by atoms with Crippen molar-refractivity contribution >= 4 is 0 Å². The van der Waals surface area contributed by atoms with Crippen molar-refractivity contribution in [3.05, 3.63) is 84.4 Å². The van der Waals surface area contributed by atoms with Gasteiger partial charge in [-0.3, -0.25) is 5.73 Å². The van der Waals surface area contributed by atoms with E-state index in [1.165, 1.54) is 5.56 Å². The predicted octanol–water partition coefficient (Wildman–Crippen LogP) is 4.39. The maximum atomic E-state index is 10.4.